The molecule has 1 aliphatic carbocycles. The summed E-state index contributed by atoms with van der Waals surface area (Å²) in [7, 11) is 0. The molecule has 1 saturated heterocycles. The molecule has 1 aliphatic heterocycles. The van der Waals surface area contributed by atoms with Crippen LogP contribution in [0.2, 0.25) is 5.15 Å². The first-order chi connectivity index (χ1) is 14.6. The van der Waals surface area contributed by atoms with Crippen LogP contribution in [0.4, 0.5) is 11.6 Å². The molecule has 2 aliphatic rings. The van der Waals surface area contributed by atoms with Crippen LogP contribution >= 0.6 is 11.6 Å². The number of hydrogen-bond donors (Lipinski definition) is 2. The van der Waals surface area contributed by atoms with Crippen molar-refractivity contribution in [3.05, 3.63) is 30.2 Å². The first-order valence-electron chi connectivity index (χ1n) is 9.91. The molecule has 3 aromatic heterocycles. The molecule has 30 heavy (non-hydrogen) atoms. The first-order valence-corrected chi connectivity index (χ1v) is 10.3. The van der Waals surface area contributed by atoms with Crippen molar-refractivity contribution in [3.8, 4) is 5.88 Å². The molecule has 11 heteroatoms. The third kappa shape index (κ3) is 3.70. The standard InChI is InChI=1S/C19H21ClN8O2/c1-2-14(29)27-7-3-4-13(10-27)30-18-15-16(20)25-26-17(15)23-19(24-18)22-11-8-21-28(9-11)12-5-6-12/h2,8-9,12-13H,1,3-7,10H2,(H2,22,23,24,25,26)/t13-/m1/s1. The number of halogens is 1. The number of ether oxygens (including phenoxy) is 1. The molecule has 0 unspecified atom stereocenters. The van der Waals surface area contributed by atoms with Crippen molar-refractivity contribution < 1.29 is 9.53 Å². The van der Waals surface area contributed by atoms with Crippen molar-refractivity contribution in [3.63, 3.8) is 0 Å². The molecule has 3 aromatic rings. The molecule has 5 rings (SSSR count). The minimum Gasteiger partial charge on any atom is -0.472 e. The van der Waals surface area contributed by atoms with Gasteiger partial charge in [-0.25, -0.2) is 0 Å². The molecule has 0 radical (unpaired) electrons. The number of aromatic amines is 1. The Hall–Kier alpha value is -3.14. The van der Waals surface area contributed by atoms with E-state index < -0.39 is 0 Å². The van der Waals surface area contributed by atoms with Crippen LogP contribution in [0.15, 0.2) is 25.0 Å². The SMILES string of the molecule is C=CC(=O)N1CCC[C@@H](Oc2nc(Nc3cnn(C4CC4)c3)nc3n[nH]c(Cl)c23)C1. The van der Waals surface area contributed by atoms with E-state index >= 15 is 0 Å². The van der Waals surface area contributed by atoms with Gasteiger partial charge in [-0.15, -0.1) is 0 Å². The third-order valence-electron chi connectivity index (χ3n) is 5.26. The summed E-state index contributed by atoms with van der Waals surface area (Å²) in [5.74, 6) is 0.562. The largest absolute Gasteiger partial charge is 0.472 e. The van der Waals surface area contributed by atoms with E-state index in [2.05, 4.69) is 37.2 Å². The number of fused-ring (bicyclic) bond motifs is 1. The Morgan fingerprint density at radius 3 is 3.03 bits per heavy atom. The van der Waals surface area contributed by atoms with E-state index in [9.17, 15) is 4.79 Å². The van der Waals surface area contributed by atoms with Gasteiger partial charge in [0.15, 0.2) is 5.65 Å². The zero-order valence-corrected chi connectivity index (χ0v) is 17.0. The van der Waals surface area contributed by atoms with Crippen LogP contribution in [0.1, 0.15) is 31.7 Å². The summed E-state index contributed by atoms with van der Waals surface area (Å²) in [6.07, 6.45) is 8.73. The van der Waals surface area contributed by atoms with Crippen LogP contribution < -0.4 is 10.1 Å². The van der Waals surface area contributed by atoms with Gasteiger partial charge < -0.3 is 15.0 Å². The van der Waals surface area contributed by atoms with E-state index in [-0.39, 0.29) is 12.0 Å². The molecule has 10 nitrogen and oxygen atoms in total. The molecular weight excluding hydrogens is 408 g/mol. The van der Waals surface area contributed by atoms with E-state index in [1.54, 1.807) is 11.1 Å². The minimum absolute atomic E-state index is 0.104. The highest BCUT2D eigenvalue weighted by molar-refractivity contribution is 6.34. The second-order valence-corrected chi connectivity index (χ2v) is 7.90. The number of nitrogens with zero attached hydrogens (tertiary/aromatic N) is 6. The van der Waals surface area contributed by atoms with Crippen molar-refractivity contribution in [1.82, 2.24) is 34.8 Å². The monoisotopic (exact) mass is 428 g/mol. The van der Waals surface area contributed by atoms with E-state index in [1.807, 2.05) is 10.9 Å². The maximum atomic E-state index is 12.0. The summed E-state index contributed by atoms with van der Waals surface area (Å²) >= 11 is 6.27. The quantitative estimate of drug-likeness (QED) is 0.580. The number of H-pyrrole nitrogens is 1. The molecule has 2 fully saturated rings. The lowest BCUT2D eigenvalue weighted by Crippen LogP contribution is -2.43. The summed E-state index contributed by atoms with van der Waals surface area (Å²) in [6.45, 7) is 4.71. The van der Waals surface area contributed by atoms with E-state index in [4.69, 9.17) is 16.3 Å². The highest BCUT2D eigenvalue weighted by Crippen LogP contribution is 2.35. The summed E-state index contributed by atoms with van der Waals surface area (Å²) in [5.41, 5.74) is 1.19. The number of aromatic nitrogens is 6. The lowest BCUT2D eigenvalue weighted by atomic mass is 10.1. The lowest BCUT2D eigenvalue weighted by Gasteiger charge is -2.32. The van der Waals surface area contributed by atoms with Gasteiger partial charge in [0, 0.05) is 12.7 Å². The molecule has 0 spiro atoms. The molecule has 1 atom stereocenters. The van der Waals surface area contributed by atoms with Crippen LogP contribution in [0.25, 0.3) is 11.0 Å². The lowest BCUT2D eigenvalue weighted by molar-refractivity contribution is -0.128. The van der Waals surface area contributed by atoms with Gasteiger partial charge in [-0.2, -0.15) is 20.2 Å². The average molecular weight is 429 g/mol. The fourth-order valence-corrected chi connectivity index (χ4v) is 3.80. The third-order valence-corrected chi connectivity index (χ3v) is 5.53. The number of likely N-dealkylation sites (tertiary alicyclic amines) is 1. The van der Waals surface area contributed by atoms with Gasteiger partial charge in [0.05, 0.1) is 24.5 Å². The predicted molar refractivity (Wildman–Crippen MR) is 111 cm³/mol. The highest BCUT2D eigenvalue weighted by atomic mass is 35.5. The maximum Gasteiger partial charge on any atom is 0.246 e. The van der Waals surface area contributed by atoms with E-state index in [1.165, 1.54) is 6.08 Å². The van der Waals surface area contributed by atoms with Gasteiger partial charge >= 0.3 is 0 Å². The van der Waals surface area contributed by atoms with Gasteiger partial charge in [0.2, 0.25) is 17.7 Å². The predicted octanol–water partition coefficient (Wildman–Crippen LogP) is 2.84. The van der Waals surface area contributed by atoms with Gasteiger partial charge in [-0.05, 0) is 31.8 Å². The van der Waals surface area contributed by atoms with Crippen LogP contribution in [-0.2, 0) is 4.79 Å². The van der Waals surface area contributed by atoms with Gasteiger partial charge in [-0.1, -0.05) is 18.2 Å². The number of nitrogens with one attached hydrogen (secondary N) is 2. The van der Waals surface area contributed by atoms with Crippen LogP contribution in [0.3, 0.4) is 0 Å². The topological polar surface area (TPSA) is 114 Å². The Balaban J connectivity index is 1.40. The number of piperidine rings is 1. The Morgan fingerprint density at radius 2 is 2.23 bits per heavy atom. The molecule has 0 bridgehead atoms. The fraction of sp³-hybridized carbons (Fsp3) is 0.421. The summed E-state index contributed by atoms with van der Waals surface area (Å²) in [5, 5.41) is 15.2. The Morgan fingerprint density at radius 1 is 1.37 bits per heavy atom. The highest BCUT2D eigenvalue weighted by Gasteiger charge is 2.27. The van der Waals surface area contributed by atoms with E-state index in [0.717, 1.165) is 31.4 Å². The number of carbonyl (C=O) groups excluding carboxylic acids is 1. The van der Waals surface area contributed by atoms with Crippen molar-refractivity contribution in [2.75, 3.05) is 18.4 Å². The zero-order valence-electron chi connectivity index (χ0n) is 16.2. The molecule has 156 valence electrons. The number of rotatable bonds is 6. The fourth-order valence-electron chi connectivity index (χ4n) is 3.59. The molecule has 2 N–H and O–H groups in total. The number of amides is 1. The normalized spacial score (nSPS) is 19.1. The van der Waals surface area contributed by atoms with Crippen molar-refractivity contribution in [2.24, 2.45) is 0 Å². The average Bonchev–Trinajstić information content (AvgIpc) is 3.39. The zero-order chi connectivity index (χ0) is 20.7. The molecular formula is C19H21ClN8O2. The van der Waals surface area contributed by atoms with E-state index in [0.29, 0.717) is 47.1 Å². The summed E-state index contributed by atoms with van der Waals surface area (Å²) in [4.78, 5) is 22.7. The first kappa shape index (κ1) is 18.9. The molecule has 0 aromatic carbocycles. The van der Waals surface area contributed by atoms with Gasteiger partial charge in [0.1, 0.15) is 16.6 Å². The number of carbonyl (C=O) groups is 1. The number of anilines is 2. The Labute approximate surface area is 177 Å². The molecule has 1 saturated carbocycles. The second-order valence-electron chi connectivity index (χ2n) is 7.52. The molecule has 4 heterocycles. The summed E-state index contributed by atoms with van der Waals surface area (Å²) < 4.78 is 8.12. The Kier molecular flexibility index (Phi) is 4.78. The van der Waals surface area contributed by atoms with Gasteiger partial charge in [0.25, 0.3) is 0 Å². The van der Waals surface area contributed by atoms with Crippen LogP contribution in [-0.4, -0.2) is 59.9 Å². The second kappa shape index (κ2) is 7.60. The number of hydrogen-bond acceptors (Lipinski definition) is 7. The smallest absolute Gasteiger partial charge is 0.246 e. The molecule has 1 amide bonds. The van der Waals surface area contributed by atoms with Crippen molar-refractivity contribution in [2.45, 2.75) is 37.8 Å². The van der Waals surface area contributed by atoms with Crippen LogP contribution in [0.5, 0.6) is 5.88 Å². The van der Waals surface area contributed by atoms with Crippen LogP contribution in [0, 0.1) is 0 Å². The summed E-state index contributed by atoms with van der Waals surface area (Å²) in [6, 6.07) is 0.487. The van der Waals surface area contributed by atoms with Crippen molar-refractivity contribution in [1.29, 1.82) is 0 Å². The Bertz CT molecular complexity index is 1110. The maximum absolute atomic E-state index is 12.0. The van der Waals surface area contributed by atoms with Crippen molar-refractivity contribution >= 4 is 40.2 Å². The minimum atomic E-state index is -0.211. The van der Waals surface area contributed by atoms with Gasteiger partial charge in [-0.3, -0.25) is 14.6 Å².